The van der Waals surface area contributed by atoms with Gasteiger partial charge in [-0.2, -0.15) is 0 Å². The van der Waals surface area contributed by atoms with Gasteiger partial charge in [0.2, 0.25) is 0 Å². The van der Waals surface area contributed by atoms with Crippen molar-refractivity contribution in [3.05, 3.63) is 35.5 Å². The highest BCUT2D eigenvalue weighted by molar-refractivity contribution is 5.92. The Morgan fingerprint density at radius 3 is 2.32 bits per heavy atom. The number of carbonyl (C=O) groups is 1. The van der Waals surface area contributed by atoms with E-state index in [2.05, 4.69) is 37.9 Å². The lowest BCUT2D eigenvalue weighted by Crippen LogP contribution is -2.28. The van der Waals surface area contributed by atoms with Gasteiger partial charge in [-0.3, -0.25) is 4.79 Å². The second-order valence-corrected chi connectivity index (χ2v) is 6.64. The molecule has 2 rings (SSSR count). The lowest BCUT2D eigenvalue weighted by molar-refractivity contribution is -0.142. The maximum absolute atomic E-state index is 11.4. The molecule has 0 aliphatic rings. The fourth-order valence-corrected chi connectivity index (χ4v) is 2.22. The topological polar surface area (TPSA) is 53.1 Å². The smallest absolute Gasteiger partial charge is 0.313 e. The third-order valence-corrected chi connectivity index (χ3v) is 3.76. The first-order valence-electron chi connectivity index (χ1n) is 6.49. The zero-order chi connectivity index (χ0) is 14.4. The van der Waals surface area contributed by atoms with Gasteiger partial charge in [0.15, 0.2) is 0 Å². The van der Waals surface area contributed by atoms with E-state index in [0.29, 0.717) is 0 Å². The summed E-state index contributed by atoms with van der Waals surface area (Å²) < 4.78 is 0. The zero-order valence-corrected chi connectivity index (χ0v) is 12.2. The fraction of sp³-hybridized carbons (Fsp3) is 0.438. The minimum absolute atomic E-state index is 0.0517. The quantitative estimate of drug-likeness (QED) is 0.861. The molecule has 1 aromatic heterocycles. The standard InChI is InChI=1S/C16H21NO2/c1-15(2,3)10-6-7-13-11(8-10)12(9-17-13)16(4,5)14(18)19/h6-9,17H,1-5H3,(H,18,19). The number of H-pyrrole nitrogens is 1. The van der Waals surface area contributed by atoms with E-state index in [1.54, 1.807) is 13.8 Å². The van der Waals surface area contributed by atoms with Crippen LogP contribution in [-0.4, -0.2) is 16.1 Å². The van der Waals surface area contributed by atoms with Crippen molar-refractivity contribution < 1.29 is 9.90 Å². The average Bonchev–Trinajstić information content (AvgIpc) is 2.70. The first-order valence-corrected chi connectivity index (χ1v) is 6.49. The molecule has 0 aliphatic carbocycles. The highest BCUT2D eigenvalue weighted by Gasteiger charge is 2.32. The number of nitrogens with one attached hydrogen (secondary N) is 1. The molecule has 0 aliphatic heterocycles. The Hall–Kier alpha value is -1.77. The lowest BCUT2D eigenvalue weighted by atomic mass is 9.82. The largest absolute Gasteiger partial charge is 0.481 e. The molecule has 0 radical (unpaired) electrons. The minimum atomic E-state index is -0.894. The maximum atomic E-state index is 11.4. The summed E-state index contributed by atoms with van der Waals surface area (Å²) in [6.07, 6.45) is 1.81. The van der Waals surface area contributed by atoms with Crippen LogP contribution in [0, 0.1) is 0 Å². The third kappa shape index (κ3) is 2.25. The summed E-state index contributed by atoms with van der Waals surface area (Å²) in [7, 11) is 0. The molecule has 0 amide bonds. The first-order chi connectivity index (χ1) is 8.64. The van der Waals surface area contributed by atoms with Crippen molar-refractivity contribution >= 4 is 16.9 Å². The molecule has 3 nitrogen and oxygen atoms in total. The van der Waals surface area contributed by atoms with E-state index in [0.717, 1.165) is 16.5 Å². The average molecular weight is 259 g/mol. The maximum Gasteiger partial charge on any atom is 0.313 e. The summed E-state index contributed by atoms with van der Waals surface area (Å²) in [6, 6.07) is 6.22. The van der Waals surface area contributed by atoms with E-state index in [1.807, 2.05) is 12.3 Å². The summed E-state index contributed by atoms with van der Waals surface area (Å²) >= 11 is 0. The fourth-order valence-electron chi connectivity index (χ4n) is 2.22. The van der Waals surface area contributed by atoms with Gasteiger partial charge in [0.05, 0.1) is 5.41 Å². The molecule has 0 fully saturated rings. The van der Waals surface area contributed by atoms with Gasteiger partial charge >= 0.3 is 5.97 Å². The van der Waals surface area contributed by atoms with Crippen molar-refractivity contribution in [3.63, 3.8) is 0 Å². The van der Waals surface area contributed by atoms with Crippen molar-refractivity contribution in [2.75, 3.05) is 0 Å². The lowest BCUT2D eigenvalue weighted by Gasteiger charge is -2.21. The van der Waals surface area contributed by atoms with Crippen molar-refractivity contribution in [3.8, 4) is 0 Å². The van der Waals surface area contributed by atoms with E-state index >= 15 is 0 Å². The number of aromatic nitrogens is 1. The summed E-state index contributed by atoms with van der Waals surface area (Å²) in [4.78, 5) is 14.6. The second kappa shape index (κ2) is 4.12. The van der Waals surface area contributed by atoms with Gasteiger partial charge in [0.1, 0.15) is 0 Å². The Morgan fingerprint density at radius 1 is 1.16 bits per heavy atom. The molecule has 0 spiro atoms. The van der Waals surface area contributed by atoms with Gasteiger partial charge < -0.3 is 10.1 Å². The van der Waals surface area contributed by atoms with Crippen LogP contribution in [0.2, 0.25) is 0 Å². The van der Waals surface area contributed by atoms with Crippen LogP contribution in [0.25, 0.3) is 10.9 Å². The number of aliphatic carboxylic acids is 1. The van der Waals surface area contributed by atoms with Crippen LogP contribution in [0.3, 0.4) is 0 Å². The molecule has 1 heterocycles. The van der Waals surface area contributed by atoms with E-state index in [4.69, 9.17) is 0 Å². The third-order valence-electron chi connectivity index (χ3n) is 3.76. The molecule has 0 saturated heterocycles. The van der Waals surface area contributed by atoms with Gasteiger partial charge in [-0.15, -0.1) is 0 Å². The Kier molecular flexibility index (Phi) is 2.96. The van der Waals surface area contributed by atoms with Gasteiger partial charge in [-0.25, -0.2) is 0 Å². The van der Waals surface area contributed by atoms with Crippen LogP contribution in [-0.2, 0) is 15.6 Å². The van der Waals surface area contributed by atoms with E-state index in [1.165, 1.54) is 5.56 Å². The highest BCUT2D eigenvalue weighted by atomic mass is 16.4. The van der Waals surface area contributed by atoms with Gasteiger partial charge in [0, 0.05) is 17.1 Å². The highest BCUT2D eigenvalue weighted by Crippen LogP contribution is 2.33. The molecule has 1 aromatic carbocycles. The summed E-state index contributed by atoms with van der Waals surface area (Å²) in [5, 5.41) is 10.4. The molecule has 0 bridgehead atoms. The predicted molar refractivity (Wildman–Crippen MR) is 77.7 cm³/mol. The SMILES string of the molecule is CC(C)(C)c1ccc2[nH]cc(C(C)(C)C(=O)O)c2c1. The van der Waals surface area contributed by atoms with Crippen molar-refractivity contribution in [1.29, 1.82) is 0 Å². The zero-order valence-electron chi connectivity index (χ0n) is 12.2. The number of benzene rings is 1. The number of hydrogen-bond acceptors (Lipinski definition) is 1. The molecule has 0 saturated carbocycles. The summed E-state index contributed by atoms with van der Waals surface area (Å²) in [5.41, 5.74) is 2.19. The normalized spacial score (nSPS) is 12.9. The monoisotopic (exact) mass is 259 g/mol. The predicted octanol–water partition coefficient (Wildman–Crippen LogP) is 3.83. The molecule has 0 atom stereocenters. The number of fused-ring (bicyclic) bond motifs is 1. The van der Waals surface area contributed by atoms with Gasteiger partial charge in [-0.05, 0) is 42.5 Å². The van der Waals surface area contributed by atoms with Crippen LogP contribution >= 0.6 is 0 Å². The molecule has 19 heavy (non-hydrogen) atoms. The summed E-state index contributed by atoms with van der Waals surface area (Å²) in [5.74, 6) is -0.811. The number of hydrogen-bond donors (Lipinski definition) is 2. The molecule has 0 unspecified atom stereocenters. The molecule has 2 N–H and O–H groups in total. The Labute approximate surface area is 113 Å². The number of carboxylic acid groups (broad SMARTS) is 1. The molecule has 3 heteroatoms. The summed E-state index contributed by atoms with van der Waals surface area (Å²) in [6.45, 7) is 9.94. The number of carboxylic acids is 1. The van der Waals surface area contributed by atoms with Gasteiger partial charge in [0.25, 0.3) is 0 Å². The van der Waals surface area contributed by atoms with E-state index in [9.17, 15) is 9.90 Å². The minimum Gasteiger partial charge on any atom is -0.481 e. The molecular formula is C16H21NO2. The first kappa shape index (κ1) is 13.7. The Bertz CT molecular complexity index is 630. The molecule has 102 valence electrons. The van der Waals surface area contributed by atoms with Crippen molar-refractivity contribution in [2.45, 2.75) is 45.4 Å². The van der Waals surface area contributed by atoms with Crippen LogP contribution in [0.1, 0.15) is 45.7 Å². The van der Waals surface area contributed by atoms with E-state index < -0.39 is 11.4 Å². The second-order valence-electron chi connectivity index (χ2n) is 6.64. The molecular weight excluding hydrogens is 238 g/mol. The number of aromatic amines is 1. The number of rotatable bonds is 2. The van der Waals surface area contributed by atoms with Crippen LogP contribution in [0.15, 0.2) is 24.4 Å². The van der Waals surface area contributed by atoms with Crippen molar-refractivity contribution in [2.24, 2.45) is 0 Å². The van der Waals surface area contributed by atoms with E-state index in [-0.39, 0.29) is 5.41 Å². The van der Waals surface area contributed by atoms with Crippen LogP contribution < -0.4 is 0 Å². The van der Waals surface area contributed by atoms with Crippen LogP contribution in [0.4, 0.5) is 0 Å². The Balaban J connectivity index is 2.68. The van der Waals surface area contributed by atoms with Crippen molar-refractivity contribution in [1.82, 2.24) is 4.98 Å². The Morgan fingerprint density at radius 2 is 1.79 bits per heavy atom. The molecule has 2 aromatic rings. The van der Waals surface area contributed by atoms with Crippen LogP contribution in [0.5, 0.6) is 0 Å². The van der Waals surface area contributed by atoms with Gasteiger partial charge in [-0.1, -0.05) is 26.8 Å².